The Morgan fingerprint density at radius 2 is 2.00 bits per heavy atom. The average Bonchev–Trinajstić information content (AvgIpc) is 2.82. The molecule has 16 heavy (non-hydrogen) atoms. The number of fused-ring (bicyclic) bond motifs is 2. The molecule has 3 rings (SSSR count). The summed E-state index contributed by atoms with van der Waals surface area (Å²) in [7, 11) is 0. The van der Waals surface area contributed by atoms with Crippen LogP contribution < -0.4 is 5.32 Å². The van der Waals surface area contributed by atoms with Gasteiger partial charge in [0.15, 0.2) is 0 Å². The van der Waals surface area contributed by atoms with E-state index in [0.29, 0.717) is 0 Å². The summed E-state index contributed by atoms with van der Waals surface area (Å²) in [5.41, 5.74) is 0. The van der Waals surface area contributed by atoms with Gasteiger partial charge in [-0.3, -0.25) is 0 Å². The van der Waals surface area contributed by atoms with Gasteiger partial charge < -0.3 is 10.1 Å². The van der Waals surface area contributed by atoms with Crippen LogP contribution >= 0.6 is 0 Å². The molecule has 1 N–H and O–H groups in total. The van der Waals surface area contributed by atoms with E-state index in [9.17, 15) is 0 Å². The van der Waals surface area contributed by atoms with Crippen molar-refractivity contribution in [1.82, 2.24) is 5.32 Å². The quantitative estimate of drug-likeness (QED) is 0.794. The lowest BCUT2D eigenvalue weighted by Crippen LogP contribution is -2.35. The van der Waals surface area contributed by atoms with Gasteiger partial charge >= 0.3 is 0 Å². The molecule has 1 heterocycles. The molecule has 0 radical (unpaired) electrons. The van der Waals surface area contributed by atoms with Crippen LogP contribution in [0.5, 0.6) is 0 Å². The minimum absolute atomic E-state index is 0.738. The van der Waals surface area contributed by atoms with Crippen LogP contribution in [0.1, 0.15) is 44.9 Å². The van der Waals surface area contributed by atoms with Crippen molar-refractivity contribution < 1.29 is 4.74 Å². The minimum Gasteiger partial charge on any atom is -0.381 e. The van der Waals surface area contributed by atoms with E-state index in [4.69, 9.17) is 4.74 Å². The van der Waals surface area contributed by atoms with E-state index in [0.717, 1.165) is 37.0 Å². The van der Waals surface area contributed by atoms with Crippen molar-refractivity contribution in [3.05, 3.63) is 0 Å². The first-order chi connectivity index (χ1) is 7.92. The van der Waals surface area contributed by atoms with Gasteiger partial charge in [-0.1, -0.05) is 6.42 Å². The molecule has 0 aromatic carbocycles. The third kappa shape index (κ3) is 2.43. The fourth-order valence-corrected chi connectivity index (χ4v) is 4.05. The summed E-state index contributed by atoms with van der Waals surface area (Å²) in [6.07, 6.45) is 9.89. The van der Waals surface area contributed by atoms with Gasteiger partial charge in [-0.15, -0.1) is 0 Å². The Bertz CT molecular complexity index is 223. The van der Waals surface area contributed by atoms with Gasteiger partial charge in [0.25, 0.3) is 0 Å². The smallest absolute Gasteiger partial charge is 0.0480 e. The molecule has 3 aliphatic rings. The molecule has 1 aliphatic heterocycles. The Balaban J connectivity index is 1.42. The fraction of sp³-hybridized carbons (Fsp3) is 1.00. The lowest BCUT2D eigenvalue weighted by molar-refractivity contribution is 0.142. The van der Waals surface area contributed by atoms with E-state index in [2.05, 4.69) is 5.32 Å². The van der Waals surface area contributed by atoms with Crippen molar-refractivity contribution in [3.63, 3.8) is 0 Å². The van der Waals surface area contributed by atoms with Crippen LogP contribution in [0, 0.1) is 17.8 Å². The molecule has 0 amide bonds. The molecular weight excluding hydrogens is 198 g/mol. The molecule has 3 fully saturated rings. The van der Waals surface area contributed by atoms with Gasteiger partial charge in [0, 0.05) is 19.3 Å². The highest BCUT2D eigenvalue weighted by Gasteiger charge is 2.39. The minimum atomic E-state index is 0.738. The summed E-state index contributed by atoms with van der Waals surface area (Å²) in [4.78, 5) is 0. The van der Waals surface area contributed by atoms with Gasteiger partial charge in [0.2, 0.25) is 0 Å². The Kier molecular flexibility index (Phi) is 3.49. The van der Waals surface area contributed by atoms with Crippen LogP contribution in [0.4, 0.5) is 0 Å². The maximum absolute atomic E-state index is 5.51. The van der Waals surface area contributed by atoms with E-state index in [1.54, 1.807) is 6.42 Å². The molecule has 92 valence electrons. The number of nitrogens with one attached hydrogen (secondary N) is 1. The van der Waals surface area contributed by atoms with Crippen molar-refractivity contribution in [3.8, 4) is 0 Å². The zero-order valence-electron chi connectivity index (χ0n) is 10.3. The predicted molar refractivity (Wildman–Crippen MR) is 65.4 cm³/mol. The highest BCUT2D eigenvalue weighted by Crippen LogP contribution is 2.47. The van der Waals surface area contributed by atoms with Gasteiger partial charge in [0.1, 0.15) is 0 Å². The first-order valence-electron chi connectivity index (χ1n) is 7.23. The molecular formula is C14H25NO. The van der Waals surface area contributed by atoms with Crippen LogP contribution in [0.3, 0.4) is 0 Å². The summed E-state index contributed by atoms with van der Waals surface area (Å²) >= 11 is 0. The molecule has 0 spiro atoms. The van der Waals surface area contributed by atoms with E-state index < -0.39 is 0 Å². The van der Waals surface area contributed by atoms with E-state index in [-0.39, 0.29) is 0 Å². The van der Waals surface area contributed by atoms with Crippen molar-refractivity contribution in [2.75, 3.05) is 19.8 Å². The average molecular weight is 223 g/mol. The largest absolute Gasteiger partial charge is 0.381 e. The topological polar surface area (TPSA) is 21.3 Å². The molecule has 2 saturated carbocycles. The highest BCUT2D eigenvalue weighted by atomic mass is 16.5. The van der Waals surface area contributed by atoms with Crippen LogP contribution in [0.25, 0.3) is 0 Å². The molecule has 2 aliphatic carbocycles. The van der Waals surface area contributed by atoms with Crippen LogP contribution in [0.2, 0.25) is 0 Å². The zero-order valence-corrected chi connectivity index (χ0v) is 10.3. The van der Waals surface area contributed by atoms with E-state index in [1.165, 1.54) is 45.1 Å². The van der Waals surface area contributed by atoms with E-state index in [1.807, 2.05) is 0 Å². The van der Waals surface area contributed by atoms with Gasteiger partial charge in [-0.05, 0) is 62.8 Å². The first kappa shape index (κ1) is 11.0. The lowest BCUT2D eigenvalue weighted by atomic mass is 9.88. The number of rotatable bonds is 3. The van der Waals surface area contributed by atoms with Crippen LogP contribution in [0.15, 0.2) is 0 Å². The molecule has 1 saturated heterocycles. The lowest BCUT2D eigenvalue weighted by Gasteiger charge is -2.25. The second-order valence-corrected chi connectivity index (χ2v) is 6.08. The highest BCUT2D eigenvalue weighted by molar-refractivity contribution is 4.91. The van der Waals surface area contributed by atoms with Crippen molar-refractivity contribution in [2.24, 2.45) is 17.8 Å². The maximum atomic E-state index is 5.51. The molecule has 2 heteroatoms. The third-order valence-corrected chi connectivity index (χ3v) is 5.01. The normalized spacial score (nSPS) is 43.5. The molecule has 2 nitrogen and oxygen atoms in total. The summed E-state index contributed by atoms with van der Waals surface area (Å²) in [6, 6.07) is 0.738. The molecule has 4 unspecified atom stereocenters. The van der Waals surface area contributed by atoms with Crippen LogP contribution in [-0.2, 0) is 4.74 Å². The standard InChI is InChI=1S/C14H25NO/c1-2-14(5-7-16-6-1)15-10-13-9-11-3-4-12(13)8-11/h11-15H,1-10H2. The van der Waals surface area contributed by atoms with Crippen molar-refractivity contribution >= 4 is 0 Å². The SMILES string of the molecule is C1COCCC(NCC2CC3CCC2C3)C1. The summed E-state index contributed by atoms with van der Waals surface area (Å²) in [5.74, 6) is 3.16. The number of hydrogen-bond donors (Lipinski definition) is 1. The van der Waals surface area contributed by atoms with Gasteiger partial charge in [-0.2, -0.15) is 0 Å². The number of hydrogen-bond acceptors (Lipinski definition) is 2. The second kappa shape index (κ2) is 5.05. The number of ether oxygens (including phenoxy) is 1. The summed E-state index contributed by atoms with van der Waals surface area (Å²) in [5, 5.41) is 3.81. The van der Waals surface area contributed by atoms with Gasteiger partial charge in [0.05, 0.1) is 0 Å². The zero-order chi connectivity index (χ0) is 10.8. The van der Waals surface area contributed by atoms with E-state index >= 15 is 0 Å². The van der Waals surface area contributed by atoms with Crippen LogP contribution in [-0.4, -0.2) is 25.8 Å². The van der Waals surface area contributed by atoms with Gasteiger partial charge in [-0.25, -0.2) is 0 Å². The van der Waals surface area contributed by atoms with Crippen molar-refractivity contribution in [1.29, 1.82) is 0 Å². The fourth-order valence-electron chi connectivity index (χ4n) is 4.05. The monoisotopic (exact) mass is 223 g/mol. The third-order valence-electron chi connectivity index (χ3n) is 5.01. The summed E-state index contributed by atoms with van der Waals surface area (Å²) in [6.45, 7) is 3.23. The molecule has 2 bridgehead atoms. The Morgan fingerprint density at radius 1 is 1.00 bits per heavy atom. The predicted octanol–water partition coefficient (Wildman–Crippen LogP) is 2.58. The summed E-state index contributed by atoms with van der Waals surface area (Å²) < 4.78 is 5.51. The Morgan fingerprint density at radius 3 is 2.81 bits per heavy atom. The second-order valence-electron chi connectivity index (χ2n) is 6.08. The Labute approximate surface area is 99.1 Å². The molecule has 0 aromatic heterocycles. The molecule has 0 aromatic rings. The first-order valence-corrected chi connectivity index (χ1v) is 7.23. The molecule has 4 atom stereocenters. The maximum Gasteiger partial charge on any atom is 0.0480 e. The Hall–Kier alpha value is -0.0800. The van der Waals surface area contributed by atoms with Crippen molar-refractivity contribution in [2.45, 2.75) is 51.0 Å².